The fourth-order valence-corrected chi connectivity index (χ4v) is 5.16. The van der Waals surface area contributed by atoms with E-state index >= 15 is 0 Å². The van der Waals surface area contributed by atoms with Crippen molar-refractivity contribution >= 4 is 41.2 Å². The number of rotatable bonds is 13. The maximum atomic E-state index is 12.6. The van der Waals surface area contributed by atoms with Gasteiger partial charge in [0.15, 0.2) is 25.0 Å². The molecule has 0 spiro atoms. The van der Waals surface area contributed by atoms with Crippen LogP contribution >= 0.6 is 0 Å². The van der Waals surface area contributed by atoms with Gasteiger partial charge in [-0.1, -0.05) is 12.6 Å². The third-order valence-electron chi connectivity index (χ3n) is 3.04. The van der Waals surface area contributed by atoms with E-state index in [0.29, 0.717) is 6.61 Å². The predicted octanol–water partition coefficient (Wildman–Crippen LogP) is 3.83. The van der Waals surface area contributed by atoms with Crippen molar-refractivity contribution in [1.29, 1.82) is 0 Å². The van der Waals surface area contributed by atoms with Crippen molar-refractivity contribution in [3.8, 4) is 0 Å². The average Bonchev–Trinajstić information content (AvgIpc) is 2.41. The zero-order chi connectivity index (χ0) is 22.4. The van der Waals surface area contributed by atoms with Crippen LogP contribution in [-0.4, -0.2) is 60.0 Å². The minimum Gasteiger partial charge on any atom is -0.401 e. The summed E-state index contributed by atoms with van der Waals surface area (Å²) in [5.41, 5.74) is 0.273. The van der Waals surface area contributed by atoms with Gasteiger partial charge in [0.2, 0.25) is 6.29 Å². The molecule has 166 valence electrons. The molecule has 0 N–H and O–H groups in total. The van der Waals surface area contributed by atoms with Crippen molar-refractivity contribution in [2.24, 2.45) is 0 Å². The van der Waals surface area contributed by atoms with E-state index in [0.717, 1.165) is 22.7 Å². The Kier molecular flexibility index (Phi) is 10.8. The zero-order valence-corrected chi connectivity index (χ0v) is 24.9. The first-order valence-corrected chi connectivity index (χ1v) is 21.6. The molecule has 0 bridgehead atoms. The van der Waals surface area contributed by atoms with Gasteiger partial charge in [-0.15, -0.1) is 0 Å². The van der Waals surface area contributed by atoms with Crippen LogP contribution in [0.15, 0.2) is 12.2 Å². The molecule has 0 aliphatic rings. The van der Waals surface area contributed by atoms with E-state index in [9.17, 15) is 4.79 Å². The molecule has 6 nitrogen and oxygen atoms in total. The number of hydrogen-bond donors (Lipinski definition) is 0. The highest BCUT2D eigenvalue weighted by Gasteiger charge is 2.53. The summed E-state index contributed by atoms with van der Waals surface area (Å²) in [6, 6.07) is 1.08. The van der Waals surface area contributed by atoms with Gasteiger partial charge >= 0.3 is 11.9 Å². The Bertz CT molecular complexity index is 506. The molecule has 0 aromatic rings. The Labute approximate surface area is 178 Å². The molecular weight excluding hydrogens is 425 g/mol. The van der Waals surface area contributed by atoms with Crippen LogP contribution in [0.5, 0.6) is 0 Å². The Morgan fingerprint density at radius 2 is 1.43 bits per heavy atom. The van der Waals surface area contributed by atoms with Crippen LogP contribution in [0.1, 0.15) is 13.3 Å². The van der Waals surface area contributed by atoms with Crippen molar-refractivity contribution in [1.82, 2.24) is 0 Å². The highest BCUT2D eigenvalue weighted by atomic mass is 28.4. The molecule has 0 saturated carbocycles. The SMILES string of the molecule is C=C(C)C(=O)OC(OCCC[SiH3])(O[Si](C)(C)C)C(O[Si](C)(C)C)O[Si](C)(C)C. The van der Waals surface area contributed by atoms with Crippen molar-refractivity contribution < 1.29 is 27.5 Å². The second-order valence-electron chi connectivity index (χ2n) is 9.98. The number of carbonyl (C=O) groups is 1. The van der Waals surface area contributed by atoms with Gasteiger partial charge in [0.1, 0.15) is 0 Å². The monoisotopic (exact) mass is 466 g/mol. The fraction of sp³-hybridized carbons (Fsp3) is 0.833. The van der Waals surface area contributed by atoms with E-state index in [1.807, 2.05) is 19.6 Å². The van der Waals surface area contributed by atoms with E-state index in [2.05, 4.69) is 45.9 Å². The van der Waals surface area contributed by atoms with Crippen LogP contribution < -0.4 is 0 Å². The summed E-state index contributed by atoms with van der Waals surface area (Å²) in [5.74, 6) is -2.31. The first-order chi connectivity index (χ1) is 12.4. The zero-order valence-electron chi connectivity index (χ0n) is 19.9. The lowest BCUT2D eigenvalue weighted by molar-refractivity contribution is -0.394. The summed E-state index contributed by atoms with van der Waals surface area (Å²) in [4.78, 5) is 12.6. The quantitative estimate of drug-likeness (QED) is 0.135. The van der Waals surface area contributed by atoms with Crippen molar-refractivity contribution in [3.05, 3.63) is 12.2 Å². The number of hydrogen-bond acceptors (Lipinski definition) is 6. The topological polar surface area (TPSA) is 63.2 Å². The molecule has 10 heteroatoms. The molecule has 28 heavy (non-hydrogen) atoms. The van der Waals surface area contributed by atoms with E-state index in [4.69, 9.17) is 22.8 Å². The van der Waals surface area contributed by atoms with Crippen LogP contribution in [0.25, 0.3) is 0 Å². The van der Waals surface area contributed by atoms with Gasteiger partial charge in [0.05, 0.1) is 6.61 Å². The lowest BCUT2D eigenvalue weighted by Gasteiger charge is -2.45. The van der Waals surface area contributed by atoms with Crippen LogP contribution in [0.4, 0.5) is 0 Å². The number of carbonyl (C=O) groups excluding carboxylic acids is 1. The van der Waals surface area contributed by atoms with Crippen LogP contribution in [0.3, 0.4) is 0 Å². The third-order valence-corrected chi connectivity index (χ3v) is 6.49. The molecule has 0 rings (SSSR count). The molecule has 1 unspecified atom stereocenters. The third kappa shape index (κ3) is 11.8. The number of ether oxygens (including phenoxy) is 2. The van der Waals surface area contributed by atoms with Gasteiger partial charge in [-0.2, -0.15) is 0 Å². The van der Waals surface area contributed by atoms with Gasteiger partial charge < -0.3 is 22.8 Å². The van der Waals surface area contributed by atoms with E-state index in [-0.39, 0.29) is 5.57 Å². The van der Waals surface area contributed by atoms with Crippen molar-refractivity contribution in [2.45, 2.75) is 90.6 Å². The maximum Gasteiger partial charge on any atom is 0.372 e. The molecule has 0 aliphatic carbocycles. The second-order valence-corrected chi connectivity index (χ2v) is 24.3. The Hall–Kier alpha value is -0.0825. The van der Waals surface area contributed by atoms with Crippen molar-refractivity contribution in [2.75, 3.05) is 6.61 Å². The summed E-state index contributed by atoms with van der Waals surface area (Å²) in [6.45, 7) is 24.1. The van der Waals surface area contributed by atoms with Crippen LogP contribution in [-0.2, 0) is 27.5 Å². The Balaban J connectivity index is 6.33. The smallest absolute Gasteiger partial charge is 0.372 e. The van der Waals surface area contributed by atoms with Gasteiger partial charge in [-0.3, -0.25) is 0 Å². The summed E-state index contributed by atoms with van der Waals surface area (Å²) >= 11 is 0. The Morgan fingerprint density at radius 1 is 0.964 bits per heavy atom. The molecule has 0 aromatic carbocycles. The highest BCUT2D eigenvalue weighted by molar-refractivity contribution is 6.71. The van der Waals surface area contributed by atoms with Crippen LogP contribution in [0.2, 0.25) is 65.0 Å². The summed E-state index contributed by atoms with van der Waals surface area (Å²) < 4.78 is 31.1. The molecule has 0 amide bonds. The van der Waals surface area contributed by atoms with Gasteiger partial charge in [0.25, 0.3) is 0 Å². The Morgan fingerprint density at radius 3 is 1.75 bits per heavy atom. The first kappa shape index (κ1) is 27.9. The van der Waals surface area contributed by atoms with Gasteiger partial charge in [-0.25, -0.2) is 4.79 Å². The highest BCUT2D eigenvalue weighted by Crippen LogP contribution is 2.33. The summed E-state index contributed by atoms with van der Waals surface area (Å²) in [6.07, 6.45) is -0.0877. The maximum absolute atomic E-state index is 12.6. The molecule has 1 atom stereocenters. The molecule has 0 saturated heterocycles. The van der Waals surface area contributed by atoms with Gasteiger partial charge in [-0.05, 0) is 72.3 Å². The summed E-state index contributed by atoms with van der Waals surface area (Å²) in [5, 5.41) is 0. The molecule has 0 radical (unpaired) electrons. The normalized spacial score (nSPS) is 15.5. The molecule has 0 heterocycles. The lowest BCUT2D eigenvalue weighted by atomic mass is 10.3. The molecule has 0 aliphatic heterocycles. The fourth-order valence-electron chi connectivity index (χ4n) is 2.06. The second kappa shape index (κ2) is 10.8. The average molecular weight is 467 g/mol. The van der Waals surface area contributed by atoms with Gasteiger partial charge in [0, 0.05) is 15.8 Å². The molecule has 0 aromatic heterocycles. The number of esters is 1. The minimum atomic E-state index is -2.22. The van der Waals surface area contributed by atoms with Crippen LogP contribution in [0, 0.1) is 0 Å². The molecular formula is C18H42O6Si4. The van der Waals surface area contributed by atoms with Crippen molar-refractivity contribution in [3.63, 3.8) is 0 Å². The summed E-state index contributed by atoms with van der Waals surface area (Å²) in [7, 11) is -5.31. The first-order valence-electron chi connectivity index (χ1n) is 9.99. The minimum absolute atomic E-state index is 0.273. The van der Waals surface area contributed by atoms with E-state index in [1.54, 1.807) is 6.92 Å². The van der Waals surface area contributed by atoms with E-state index < -0.39 is 43.2 Å². The predicted molar refractivity (Wildman–Crippen MR) is 126 cm³/mol. The lowest BCUT2D eigenvalue weighted by Crippen LogP contribution is -2.61. The molecule has 0 fully saturated rings. The largest absolute Gasteiger partial charge is 0.401 e. The standard InChI is InChI=1S/C18H42O6Si4/c1-15(2)16(19)21-18(20-13-12-14-25,24-28(9,10)11)17(22-26(3,4)5)23-27(6,7)8/h17H,1,12-14H2,2-11,25H3. The van der Waals surface area contributed by atoms with E-state index in [1.165, 1.54) is 0 Å².